The lowest BCUT2D eigenvalue weighted by Gasteiger charge is -2.38. The van der Waals surface area contributed by atoms with Crippen molar-refractivity contribution >= 4 is 11.7 Å². The van der Waals surface area contributed by atoms with E-state index < -0.39 is 0 Å². The monoisotopic (exact) mass is 352 g/mol. The number of aromatic nitrogens is 7. The molecular formula is C17H20N8O. The van der Waals surface area contributed by atoms with E-state index >= 15 is 0 Å². The third kappa shape index (κ3) is 2.23. The number of hydrogen-bond acceptors (Lipinski definition) is 6. The van der Waals surface area contributed by atoms with Crippen LogP contribution >= 0.6 is 0 Å². The van der Waals surface area contributed by atoms with Gasteiger partial charge in [0.25, 0.3) is 11.7 Å². The molecule has 5 rings (SSSR count). The summed E-state index contributed by atoms with van der Waals surface area (Å²) in [5.41, 5.74) is 1.79. The number of aryl methyl sites for hydroxylation is 2. The second kappa shape index (κ2) is 5.58. The summed E-state index contributed by atoms with van der Waals surface area (Å²) in [4.78, 5) is 21.5. The minimum Gasteiger partial charge on any atom is -0.330 e. The molecule has 0 saturated carbocycles. The first kappa shape index (κ1) is 15.4. The molecule has 2 unspecified atom stereocenters. The summed E-state index contributed by atoms with van der Waals surface area (Å²) >= 11 is 0. The number of carbonyl (C=O) groups excluding carboxylic acids is 1. The van der Waals surface area contributed by atoms with Crippen LogP contribution in [0.5, 0.6) is 0 Å². The van der Waals surface area contributed by atoms with Crippen molar-refractivity contribution in [3.05, 3.63) is 35.7 Å². The lowest BCUT2D eigenvalue weighted by Crippen LogP contribution is -2.47. The molecule has 0 N–H and O–H groups in total. The van der Waals surface area contributed by atoms with Crippen LogP contribution < -0.4 is 0 Å². The Kier molecular flexibility index (Phi) is 3.31. The molecule has 26 heavy (non-hydrogen) atoms. The lowest BCUT2D eigenvalue weighted by atomic mass is 9.97. The zero-order valence-corrected chi connectivity index (χ0v) is 14.8. The summed E-state index contributed by atoms with van der Waals surface area (Å²) in [6.45, 7) is 3.86. The van der Waals surface area contributed by atoms with Crippen molar-refractivity contribution in [3.8, 4) is 0 Å². The van der Waals surface area contributed by atoms with Gasteiger partial charge in [0, 0.05) is 23.5 Å². The van der Waals surface area contributed by atoms with Crippen molar-refractivity contribution in [1.29, 1.82) is 0 Å². The molecule has 9 heteroatoms. The maximum absolute atomic E-state index is 13.3. The molecule has 2 saturated heterocycles. The first-order valence-corrected chi connectivity index (χ1v) is 8.99. The van der Waals surface area contributed by atoms with Crippen LogP contribution in [-0.2, 0) is 0 Å². The average molecular weight is 352 g/mol. The number of fused-ring (bicyclic) bond motifs is 3. The van der Waals surface area contributed by atoms with Crippen molar-refractivity contribution in [2.75, 3.05) is 0 Å². The molecule has 5 heterocycles. The van der Waals surface area contributed by atoms with E-state index in [0.29, 0.717) is 11.6 Å². The van der Waals surface area contributed by atoms with E-state index in [1.807, 2.05) is 24.8 Å². The van der Waals surface area contributed by atoms with E-state index in [9.17, 15) is 4.79 Å². The molecule has 0 spiro atoms. The minimum atomic E-state index is -0.0503. The fraction of sp³-hybridized carbons (Fsp3) is 0.529. The van der Waals surface area contributed by atoms with Gasteiger partial charge in [-0.1, -0.05) is 0 Å². The van der Waals surface area contributed by atoms with Crippen LogP contribution in [0.2, 0.25) is 0 Å². The second-order valence-corrected chi connectivity index (χ2v) is 7.27. The molecule has 134 valence electrons. The highest BCUT2D eigenvalue weighted by Gasteiger charge is 2.45. The minimum absolute atomic E-state index is 0.0503. The van der Waals surface area contributed by atoms with Gasteiger partial charge in [-0.2, -0.15) is 15.0 Å². The van der Waals surface area contributed by atoms with E-state index in [2.05, 4.69) is 25.4 Å². The van der Waals surface area contributed by atoms with Gasteiger partial charge in [-0.3, -0.25) is 9.20 Å². The van der Waals surface area contributed by atoms with Gasteiger partial charge in [0.05, 0.1) is 18.4 Å². The van der Waals surface area contributed by atoms with Crippen LogP contribution in [0.15, 0.2) is 18.5 Å². The summed E-state index contributed by atoms with van der Waals surface area (Å²) in [5.74, 6) is 0.789. The number of amides is 1. The highest BCUT2D eigenvalue weighted by atomic mass is 16.2. The summed E-state index contributed by atoms with van der Waals surface area (Å²) in [7, 11) is 0. The van der Waals surface area contributed by atoms with Gasteiger partial charge in [-0.15, -0.1) is 10.2 Å². The summed E-state index contributed by atoms with van der Waals surface area (Å²) in [6, 6.07) is 2.59. The third-order valence-electron chi connectivity index (χ3n) is 5.59. The van der Waals surface area contributed by atoms with E-state index in [4.69, 9.17) is 0 Å². The summed E-state index contributed by atoms with van der Waals surface area (Å²) < 4.78 is 1.76. The second-order valence-electron chi connectivity index (χ2n) is 7.27. The standard InChI is InChI=1S/C17H20N8O/c1-10-7-11(2)23-15(21-22-17(23)20-10)16(26)24-12-3-4-13(24)9-14(8-12)25-18-5-6-19-25/h5-7,12-14H,3-4,8-9H2,1-2H3. The number of hydrogen-bond donors (Lipinski definition) is 0. The number of rotatable bonds is 2. The highest BCUT2D eigenvalue weighted by molar-refractivity contribution is 5.92. The smallest absolute Gasteiger partial charge is 0.292 e. The van der Waals surface area contributed by atoms with Gasteiger partial charge in [0.15, 0.2) is 0 Å². The van der Waals surface area contributed by atoms with Gasteiger partial charge in [0.1, 0.15) is 0 Å². The van der Waals surface area contributed by atoms with Crippen molar-refractivity contribution in [3.63, 3.8) is 0 Å². The quantitative estimate of drug-likeness (QED) is 0.691. The van der Waals surface area contributed by atoms with E-state index in [0.717, 1.165) is 37.1 Å². The van der Waals surface area contributed by atoms with Crippen LogP contribution in [-0.4, -0.2) is 57.5 Å². The third-order valence-corrected chi connectivity index (χ3v) is 5.59. The van der Waals surface area contributed by atoms with Gasteiger partial charge in [-0.05, 0) is 45.6 Å². The molecule has 3 aromatic rings. The van der Waals surface area contributed by atoms with E-state index in [1.165, 1.54) is 0 Å². The molecule has 2 fully saturated rings. The maximum Gasteiger partial charge on any atom is 0.292 e. The Morgan fingerprint density at radius 3 is 2.42 bits per heavy atom. The normalized spacial score (nSPS) is 25.2. The first-order valence-electron chi connectivity index (χ1n) is 8.99. The largest absolute Gasteiger partial charge is 0.330 e. The topological polar surface area (TPSA) is 94.1 Å². The van der Waals surface area contributed by atoms with Crippen molar-refractivity contribution in [2.24, 2.45) is 0 Å². The molecule has 9 nitrogen and oxygen atoms in total. The highest BCUT2D eigenvalue weighted by Crippen LogP contribution is 2.40. The molecule has 0 aromatic carbocycles. The molecule has 3 aromatic heterocycles. The van der Waals surface area contributed by atoms with Gasteiger partial charge in [-0.25, -0.2) is 4.98 Å². The van der Waals surface area contributed by atoms with Gasteiger partial charge in [0.2, 0.25) is 5.82 Å². The van der Waals surface area contributed by atoms with Crippen LogP contribution in [0.25, 0.3) is 5.78 Å². The maximum atomic E-state index is 13.3. The average Bonchev–Trinajstić information content (AvgIpc) is 3.32. The molecule has 0 radical (unpaired) electrons. The van der Waals surface area contributed by atoms with E-state index in [-0.39, 0.29) is 24.0 Å². The van der Waals surface area contributed by atoms with Crippen LogP contribution in [0.3, 0.4) is 0 Å². The predicted octanol–water partition coefficient (Wildman–Crippen LogP) is 1.34. The number of piperidine rings is 1. The Labute approximate surface area is 150 Å². The number of carbonyl (C=O) groups is 1. The Morgan fingerprint density at radius 1 is 1.04 bits per heavy atom. The van der Waals surface area contributed by atoms with Crippen LogP contribution in [0.4, 0.5) is 0 Å². The van der Waals surface area contributed by atoms with E-state index in [1.54, 1.807) is 21.6 Å². The van der Waals surface area contributed by atoms with Crippen molar-refractivity contribution in [1.82, 2.24) is 39.5 Å². The molecule has 2 aliphatic heterocycles. The number of nitrogens with zero attached hydrogens (tertiary/aromatic N) is 8. The van der Waals surface area contributed by atoms with Crippen molar-refractivity contribution in [2.45, 2.75) is 57.7 Å². The fourth-order valence-corrected chi connectivity index (χ4v) is 4.57. The molecule has 2 aliphatic rings. The zero-order valence-electron chi connectivity index (χ0n) is 14.8. The lowest BCUT2D eigenvalue weighted by molar-refractivity contribution is 0.0498. The molecule has 2 atom stereocenters. The van der Waals surface area contributed by atoms with Gasteiger partial charge >= 0.3 is 0 Å². The Bertz CT molecular complexity index is 964. The SMILES string of the molecule is Cc1cc(C)n2c(C(=O)N3C4CCC3CC(n3nccn3)C4)nnc2n1. The van der Waals surface area contributed by atoms with Crippen molar-refractivity contribution < 1.29 is 4.79 Å². The summed E-state index contributed by atoms with van der Waals surface area (Å²) in [6.07, 6.45) is 7.20. The first-order chi connectivity index (χ1) is 12.6. The fourth-order valence-electron chi connectivity index (χ4n) is 4.57. The van der Waals surface area contributed by atoms with Crippen LogP contribution in [0.1, 0.15) is 53.7 Å². The molecule has 1 amide bonds. The molecule has 0 aliphatic carbocycles. The Hall–Kier alpha value is -2.84. The predicted molar refractivity (Wildman–Crippen MR) is 91.5 cm³/mol. The van der Waals surface area contributed by atoms with Crippen LogP contribution in [0, 0.1) is 13.8 Å². The zero-order chi connectivity index (χ0) is 17.8. The summed E-state index contributed by atoms with van der Waals surface area (Å²) in [5, 5.41) is 16.8. The molecular weight excluding hydrogens is 332 g/mol. The molecule has 2 bridgehead atoms. The Balaban J connectivity index is 1.47. The Morgan fingerprint density at radius 2 is 1.73 bits per heavy atom. The van der Waals surface area contributed by atoms with Gasteiger partial charge < -0.3 is 4.90 Å².